The van der Waals surface area contributed by atoms with Gasteiger partial charge in [0.1, 0.15) is 5.75 Å². The molecule has 0 aliphatic heterocycles. The van der Waals surface area contributed by atoms with Crippen molar-refractivity contribution in [3.8, 4) is 5.75 Å². The molecule has 0 unspecified atom stereocenters. The fraction of sp³-hybridized carbons (Fsp3) is 0.300. The van der Waals surface area contributed by atoms with E-state index in [2.05, 4.69) is 0 Å². The summed E-state index contributed by atoms with van der Waals surface area (Å²) in [5.74, 6) is 0.122. The number of carbonyl (C=O) groups excluding carboxylic acids is 1. The van der Waals surface area contributed by atoms with Crippen molar-refractivity contribution in [2.45, 2.75) is 0 Å². The normalized spacial score (nSPS) is 10.1. The first-order chi connectivity index (χ1) is 7.06. The summed E-state index contributed by atoms with van der Waals surface area (Å²) in [4.78, 5) is 13.2. The molecule has 5 heteroatoms. The predicted octanol–water partition coefficient (Wildman–Crippen LogP) is 2.36. The van der Waals surface area contributed by atoms with Crippen LogP contribution >= 0.6 is 23.2 Å². The second kappa shape index (κ2) is 5.24. The maximum absolute atomic E-state index is 11.8. The molecule has 0 aromatic heterocycles. The third-order valence-corrected chi connectivity index (χ3v) is 2.45. The van der Waals surface area contributed by atoms with Gasteiger partial charge in [0.2, 0.25) is 0 Å². The Morgan fingerprint density at radius 3 is 2.80 bits per heavy atom. The largest absolute Gasteiger partial charge is 0.508 e. The average Bonchev–Trinajstić information content (AvgIpc) is 2.21. The molecule has 82 valence electrons. The van der Waals surface area contributed by atoms with E-state index in [1.165, 1.54) is 23.1 Å². The molecule has 0 saturated heterocycles. The molecule has 0 aliphatic rings. The lowest BCUT2D eigenvalue weighted by atomic mass is 10.2. The molecule has 0 bridgehead atoms. The molecule has 0 saturated carbocycles. The van der Waals surface area contributed by atoms with Crippen molar-refractivity contribution < 1.29 is 9.90 Å². The Labute approximate surface area is 98.2 Å². The van der Waals surface area contributed by atoms with Crippen LogP contribution in [-0.4, -0.2) is 35.4 Å². The Hall–Kier alpha value is -0.930. The highest BCUT2D eigenvalue weighted by atomic mass is 35.5. The quantitative estimate of drug-likeness (QED) is 0.834. The molecule has 1 aromatic carbocycles. The number of phenols is 1. The van der Waals surface area contributed by atoms with Crippen LogP contribution in [0.4, 0.5) is 0 Å². The van der Waals surface area contributed by atoms with Gasteiger partial charge in [0.25, 0.3) is 5.91 Å². The number of phenolic OH excluding ortho intramolecular Hbond substituents is 1. The molecule has 0 spiro atoms. The van der Waals surface area contributed by atoms with Crippen LogP contribution in [-0.2, 0) is 0 Å². The van der Waals surface area contributed by atoms with Crippen LogP contribution in [0.2, 0.25) is 5.02 Å². The summed E-state index contributed by atoms with van der Waals surface area (Å²) in [5.41, 5.74) is 0.282. The van der Waals surface area contributed by atoms with Gasteiger partial charge in [-0.15, -0.1) is 11.6 Å². The molecule has 0 radical (unpaired) electrons. The van der Waals surface area contributed by atoms with Crippen molar-refractivity contribution >= 4 is 29.1 Å². The maximum atomic E-state index is 11.8. The van der Waals surface area contributed by atoms with Crippen molar-refractivity contribution in [3.05, 3.63) is 28.8 Å². The van der Waals surface area contributed by atoms with E-state index in [9.17, 15) is 9.90 Å². The number of carbonyl (C=O) groups is 1. The number of aromatic hydroxyl groups is 1. The molecular weight excluding hydrogens is 237 g/mol. The number of nitrogens with zero attached hydrogens (tertiary/aromatic N) is 1. The van der Waals surface area contributed by atoms with Crippen LogP contribution in [0.1, 0.15) is 10.4 Å². The van der Waals surface area contributed by atoms with Crippen molar-refractivity contribution in [3.63, 3.8) is 0 Å². The Morgan fingerprint density at radius 1 is 1.53 bits per heavy atom. The van der Waals surface area contributed by atoms with E-state index in [0.717, 1.165) is 0 Å². The third-order valence-electron chi connectivity index (χ3n) is 1.95. The van der Waals surface area contributed by atoms with Crippen molar-refractivity contribution in [2.75, 3.05) is 19.5 Å². The summed E-state index contributed by atoms with van der Waals surface area (Å²) in [6, 6.07) is 4.26. The molecule has 1 aromatic rings. The molecule has 0 fully saturated rings. The monoisotopic (exact) mass is 247 g/mol. The van der Waals surface area contributed by atoms with Crippen molar-refractivity contribution in [2.24, 2.45) is 0 Å². The summed E-state index contributed by atoms with van der Waals surface area (Å²) in [6.07, 6.45) is 0. The summed E-state index contributed by atoms with van der Waals surface area (Å²) >= 11 is 11.4. The fourth-order valence-electron chi connectivity index (χ4n) is 1.11. The standard InChI is InChI=1S/C10H11Cl2NO2/c1-13(5-4-11)10(15)8-6-7(14)2-3-9(8)12/h2-3,6,14H,4-5H2,1H3. The van der Waals surface area contributed by atoms with Crippen LogP contribution in [0.25, 0.3) is 0 Å². The maximum Gasteiger partial charge on any atom is 0.255 e. The average molecular weight is 248 g/mol. The van der Waals surface area contributed by atoms with Gasteiger partial charge in [-0.25, -0.2) is 0 Å². The molecule has 0 atom stereocenters. The van der Waals surface area contributed by atoms with Crippen molar-refractivity contribution in [1.82, 2.24) is 4.90 Å². The van der Waals surface area contributed by atoms with E-state index in [4.69, 9.17) is 23.2 Å². The van der Waals surface area contributed by atoms with E-state index in [1.54, 1.807) is 7.05 Å². The van der Waals surface area contributed by atoms with Gasteiger partial charge in [0.05, 0.1) is 10.6 Å². The highest BCUT2D eigenvalue weighted by Gasteiger charge is 2.15. The Kier molecular flexibility index (Phi) is 4.24. The zero-order valence-corrected chi connectivity index (χ0v) is 9.72. The molecule has 1 N–H and O–H groups in total. The second-order valence-corrected chi connectivity index (χ2v) is 3.87. The van der Waals surface area contributed by atoms with Gasteiger partial charge < -0.3 is 10.0 Å². The van der Waals surface area contributed by atoms with Crippen LogP contribution in [0.15, 0.2) is 18.2 Å². The summed E-state index contributed by atoms with van der Waals surface area (Å²) < 4.78 is 0. The second-order valence-electron chi connectivity index (χ2n) is 3.08. The first-order valence-corrected chi connectivity index (χ1v) is 5.27. The van der Waals surface area contributed by atoms with Gasteiger partial charge in [0, 0.05) is 19.5 Å². The van der Waals surface area contributed by atoms with E-state index in [-0.39, 0.29) is 17.2 Å². The molecular formula is C10H11Cl2NO2. The summed E-state index contributed by atoms with van der Waals surface area (Å²) in [5, 5.41) is 9.56. The minimum absolute atomic E-state index is 0.0158. The highest BCUT2D eigenvalue weighted by Crippen LogP contribution is 2.22. The van der Waals surface area contributed by atoms with Crippen LogP contribution in [0.3, 0.4) is 0 Å². The predicted molar refractivity (Wildman–Crippen MR) is 60.8 cm³/mol. The van der Waals surface area contributed by atoms with Gasteiger partial charge in [-0.1, -0.05) is 11.6 Å². The van der Waals surface area contributed by atoms with Gasteiger partial charge in [-0.3, -0.25) is 4.79 Å². The highest BCUT2D eigenvalue weighted by molar-refractivity contribution is 6.33. The number of rotatable bonds is 3. The van der Waals surface area contributed by atoms with Crippen LogP contribution < -0.4 is 0 Å². The number of benzene rings is 1. The molecule has 0 aliphatic carbocycles. The summed E-state index contributed by atoms with van der Waals surface area (Å²) in [6.45, 7) is 0.437. The van der Waals surface area contributed by atoms with Crippen molar-refractivity contribution in [1.29, 1.82) is 0 Å². The lowest BCUT2D eigenvalue weighted by Crippen LogP contribution is -2.28. The first-order valence-electron chi connectivity index (χ1n) is 4.36. The zero-order chi connectivity index (χ0) is 11.4. The minimum atomic E-state index is -0.253. The molecule has 15 heavy (non-hydrogen) atoms. The zero-order valence-electron chi connectivity index (χ0n) is 8.20. The van der Waals surface area contributed by atoms with E-state index >= 15 is 0 Å². The van der Waals surface area contributed by atoms with Crippen LogP contribution in [0.5, 0.6) is 5.75 Å². The van der Waals surface area contributed by atoms with Gasteiger partial charge in [0.15, 0.2) is 0 Å². The number of alkyl halides is 1. The minimum Gasteiger partial charge on any atom is -0.508 e. The lowest BCUT2D eigenvalue weighted by Gasteiger charge is -2.16. The smallest absolute Gasteiger partial charge is 0.255 e. The topological polar surface area (TPSA) is 40.5 Å². The molecule has 3 nitrogen and oxygen atoms in total. The third kappa shape index (κ3) is 3.01. The Bertz CT molecular complexity index is 368. The van der Waals surface area contributed by atoms with Gasteiger partial charge >= 0.3 is 0 Å². The van der Waals surface area contributed by atoms with Gasteiger partial charge in [-0.2, -0.15) is 0 Å². The lowest BCUT2D eigenvalue weighted by molar-refractivity contribution is 0.0803. The van der Waals surface area contributed by atoms with E-state index in [0.29, 0.717) is 17.4 Å². The SMILES string of the molecule is CN(CCCl)C(=O)c1cc(O)ccc1Cl. The first kappa shape index (κ1) is 12.1. The Morgan fingerprint density at radius 2 is 2.20 bits per heavy atom. The number of hydrogen-bond donors (Lipinski definition) is 1. The van der Waals surface area contributed by atoms with E-state index in [1.807, 2.05) is 0 Å². The van der Waals surface area contributed by atoms with E-state index < -0.39 is 0 Å². The molecule has 0 heterocycles. The summed E-state index contributed by atoms with van der Waals surface area (Å²) in [7, 11) is 1.63. The number of amides is 1. The fourth-order valence-corrected chi connectivity index (χ4v) is 1.56. The number of halogens is 2. The molecule has 1 rings (SSSR count). The molecule has 1 amide bonds. The van der Waals surface area contributed by atoms with Crippen LogP contribution in [0, 0.1) is 0 Å². The van der Waals surface area contributed by atoms with Gasteiger partial charge in [-0.05, 0) is 18.2 Å². The number of hydrogen-bond acceptors (Lipinski definition) is 2. The Balaban J connectivity index is 2.95.